The van der Waals surface area contributed by atoms with Crippen molar-refractivity contribution in [3.63, 3.8) is 0 Å². The number of halogens is 5. The lowest BCUT2D eigenvalue weighted by atomic mass is 10.0. The predicted octanol–water partition coefficient (Wildman–Crippen LogP) is 6.03. The maximum absolute atomic E-state index is 13.7. The SMILES string of the molecule is Cc1cc(-c2cnc3c(NCCC(F)(F)F)cc(Oc4ccc(F)c(F)c4)nn23)ccc1C(=O)NC1CC1. The van der Waals surface area contributed by atoms with Gasteiger partial charge in [0.05, 0.1) is 24.0 Å². The average Bonchev–Trinajstić information content (AvgIpc) is 3.55. The number of imidazole rings is 1. The number of ether oxygens (including phenoxy) is 1. The van der Waals surface area contributed by atoms with Crippen LogP contribution in [0.1, 0.15) is 35.2 Å². The number of aromatic nitrogens is 3. The summed E-state index contributed by atoms with van der Waals surface area (Å²) in [6.45, 7) is 1.36. The third-order valence-electron chi connectivity index (χ3n) is 5.96. The van der Waals surface area contributed by atoms with Crippen molar-refractivity contribution >= 4 is 17.2 Å². The van der Waals surface area contributed by atoms with Crippen LogP contribution < -0.4 is 15.4 Å². The van der Waals surface area contributed by atoms with E-state index >= 15 is 0 Å². The van der Waals surface area contributed by atoms with E-state index in [0.29, 0.717) is 22.4 Å². The molecule has 7 nitrogen and oxygen atoms in total. The van der Waals surface area contributed by atoms with Crippen LogP contribution >= 0.6 is 0 Å². The summed E-state index contributed by atoms with van der Waals surface area (Å²) in [7, 11) is 0. The lowest BCUT2D eigenvalue weighted by molar-refractivity contribution is -0.131. The molecule has 1 aliphatic carbocycles. The molecule has 2 N–H and O–H groups in total. The third kappa shape index (κ3) is 5.68. The van der Waals surface area contributed by atoms with Gasteiger partial charge >= 0.3 is 6.18 Å². The predicted molar refractivity (Wildman–Crippen MR) is 129 cm³/mol. The molecule has 38 heavy (non-hydrogen) atoms. The molecular weight excluding hydrogens is 509 g/mol. The Morgan fingerprint density at radius 2 is 1.89 bits per heavy atom. The fraction of sp³-hybridized carbons (Fsp3) is 0.269. The number of aryl methyl sites for hydroxylation is 1. The van der Waals surface area contributed by atoms with E-state index in [1.807, 2.05) is 0 Å². The van der Waals surface area contributed by atoms with Gasteiger partial charge in [-0.3, -0.25) is 4.79 Å². The number of fused-ring (bicyclic) bond motifs is 1. The van der Waals surface area contributed by atoms with E-state index in [1.165, 1.54) is 22.8 Å². The first-order valence-corrected chi connectivity index (χ1v) is 11.8. The van der Waals surface area contributed by atoms with Crippen LogP contribution in [0.15, 0.2) is 48.7 Å². The van der Waals surface area contributed by atoms with Crippen molar-refractivity contribution in [3.05, 3.63) is 71.4 Å². The molecule has 1 aliphatic rings. The molecule has 1 saturated carbocycles. The number of carbonyl (C=O) groups is 1. The Bertz CT molecular complexity index is 1510. The largest absolute Gasteiger partial charge is 0.437 e. The Kier molecular flexibility index (Phi) is 6.64. The van der Waals surface area contributed by atoms with E-state index in [4.69, 9.17) is 4.74 Å². The van der Waals surface area contributed by atoms with Gasteiger partial charge in [-0.2, -0.15) is 13.2 Å². The van der Waals surface area contributed by atoms with E-state index < -0.39 is 30.8 Å². The minimum absolute atomic E-state index is 0.0551. The molecule has 0 atom stereocenters. The van der Waals surface area contributed by atoms with Crippen molar-refractivity contribution in [2.24, 2.45) is 0 Å². The summed E-state index contributed by atoms with van der Waals surface area (Å²) in [5, 5.41) is 10.0. The van der Waals surface area contributed by atoms with Gasteiger partial charge in [-0.15, -0.1) is 5.10 Å². The monoisotopic (exact) mass is 531 g/mol. The fourth-order valence-corrected chi connectivity index (χ4v) is 3.89. The maximum Gasteiger partial charge on any atom is 0.390 e. The zero-order valence-corrected chi connectivity index (χ0v) is 20.1. The van der Waals surface area contributed by atoms with E-state index in [9.17, 15) is 26.7 Å². The van der Waals surface area contributed by atoms with Crippen LogP contribution in [0.5, 0.6) is 11.6 Å². The smallest absolute Gasteiger partial charge is 0.390 e. The van der Waals surface area contributed by atoms with Crippen LogP contribution in [-0.2, 0) is 0 Å². The van der Waals surface area contributed by atoms with E-state index in [0.717, 1.165) is 25.0 Å². The number of alkyl halides is 3. The van der Waals surface area contributed by atoms with Gasteiger partial charge in [0.15, 0.2) is 17.3 Å². The lowest BCUT2D eigenvalue weighted by Gasteiger charge is -2.13. The number of anilines is 1. The van der Waals surface area contributed by atoms with Gasteiger partial charge in [0.2, 0.25) is 5.88 Å². The molecule has 2 aromatic carbocycles. The maximum atomic E-state index is 13.7. The molecule has 198 valence electrons. The number of hydrogen-bond acceptors (Lipinski definition) is 5. The van der Waals surface area contributed by atoms with E-state index in [1.54, 1.807) is 25.1 Å². The normalized spacial score (nSPS) is 13.5. The molecule has 1 amide bonds. The Morgan fingerprint density at radius 3 is 2.58 bits per heavy atom. The van der Waals surface area contributed by atoms with Gasteiger partial charge in [0, 0.05) is 35.8 Å². The summed E-state index contributed by atoms with van der Waals surface area (Å²) in [5.74, 6) is -2.49. The van der Waals surface area contributed by atoms with Crippen molar-refractivity contribution in [1.82, 2.24) is 19.9 Å². The molecule has 1 fully saturated rings. The van der Waals surface area contributed by atoms with Crippen molar-refractivity contribution in [3.8, 4) is 22.9 Å². The summed E-state index contributed by atoms with van der Waals surface area (Å²) in [5.41, 5.74) is 2.80. The number of amides is 1. The second kappa shape index (κ2) is 9.92. The summed E-state index contributed by atoms with van der Waals surface area (Å²) in [6.07, 6.45) is -2.03. The molecule has 0 radical (unpaired) electrons. The van der Waals surface area contributed by atoms with Gasteiger partial charge in [0.1, 0.15) is 5.75 Å². The van der Waals surface area contributed by atoms with Gasteiger partial charge in [-0.25, -0.2) is 18.3 Å². The number of hydrogen-bond donors (Lipinski definition) is 2. The summed E-state index contributed by atoms with van der Waals surface area (Å²) in [4.78, 5) is 16.8. The summed E-state index contributed by atoms with van der Waals surface area (Å²) in [6, 6.07) is 9.66. The number of nitrogens with one attached hydrogen (secondary N) is 2. The molecule has 0 aliphatic heterocycles. The zero-order chi connectivity index (χ0) is 27.0. The quantitative estimate of drug-likeness (QED) is 0.272. The average molecular weight is 531 g/mol. The first-order chi connectivity index (χ1) is 18.1. The molecular formula is C26H22F5N5O2. The minimum Gasteiger partial charge on any atom is -0.437 e. The van der Waals surface area contributed by atoms with Gasteiger partial charge in [-0.1, -0.05) is 6.07 Å². The van der Waals surface area contributed by atoms with Crippen LogP contribution in [0, 0.1) is 18.6 Å². The Morgan fingerprint density at radius 1 is 1.11 bits per heavy atom. The molecule has 2 heterocycles. The van der Waals surface area contributed by atoms with Gasteiger partial charge in [0.25, 0.3) is 5.91 Å². The highest BCUT2D eigenvalue weighted by Crippen LogP contribution is 2.31. The topological polar surface area (TPSA) is 80.6 Å². The van der Waals surface area contributed by atoms with Crippen LogP contribution in [0.2, 0.25) is 0 Å². The molecule has 0 bridgehead atoms. The van der Waals surface area contributed by atoms with Crippen molar-refractivity contribution in [1.29, 1.82) is 0 Å². The van der Waals surface area contributed by atoms with Crippen molar-refractivity contribution in [2.75, 3.05) is 11.9 Å². The Balaban J connectivity index is 1.51. The van der Waals surface area contributed by atoms with Crippen LogP contribution in [0.4, 0.5) is 27.6 Å². The fourth-order valence-electron chi connectivity index (χ4n) is 3.89. The summed E-state index contributed by atoms with van der Waals surface area (Å²) >= 11 is 0. The van der Waals surface area contributed by atoms with Gasteiger partial charge in [-0.05, 0) is 49.6 Å². The highest BCUT2D eigenvalue weighted by atomic mass is 19.4. The van der Waals surface area contributed by atoms with Crippen LogP contribution in [-0.4, -0.2) is 39.3 Å². The molecule has 12 heteroatoms. The summed E-state index contributed by atoms with van der Waals surface area (Å²) < 4.78 is 72.2. The van der Waals surface area contributed by atoms with Crippen LogP contribution in [0.25, 0.3) is 16.9 Å². The molecule has 2 aromatic heterocycles. The van der Waals surface area contributed by atoms with Crippen molar-refractivity contribution in [2.45, 2.75) is 38.4 Å². The lowest BCUT2D eigenvalue weighted by Crippen LogP contribution is -2.26. The zero-order valence-electron chi connectivity index (χ0n) is 20.1. The Hall–Kier alpha value is -4.22. The minimum atomic E-state index is -4.37. The van der Waals surface area contributed by atoms with Crippen LogP contribution in [0.3, 0.4) is 0 Å². The first kappa shape index (κ1) is 25.4. The molecule has 0 spiro atoms. The standard InChI is InChI=1S/C26H22F5N5O2/c1-14-10-15(2-6-18(14)25(37)34-16-3-4-16)22-13-33-24-21(32-9-8-26(29,30)31)12-23(35-36(22)24)38-17-5-7-19(27)20(28)11-17/h2,5-7,10-13,16,32H,3-4,8-9H2,1H3,(H,34,37). The molecule has 0 unspecified atom stereocenters. The molecule has 5 rings (SSSR count). The number of nitrogens with zero attached hydrogens (tertiary/aromatic N) is 3. The number of benzene rings is 2. The number of rotatable bonds is 8. The highest BCUT2D eigenvalue weighted by Gasteiger charge is 2.27. The third-order valence-corrected chi connectivity index (χ3v) is 5.96. The van der Waals surface area contributed by atoms with Crippen molar-refractivity contribution < 1.29 is 31.5 Å². The Labute approximate surface area is 213 Å². The van der Waals surface area contributed by atoms with E-state index in [-0.39, 0.29) is 34.9 Å². The van der Waals surface area contributed by atoms with E-state index in [2.05, 4.69) is 20.7 Å². The second-order valence-corrected chi connectivity index (χ2v) is 9.02. The second-order valence-electron chi connectivity index (χ2n) is 9.02. The number of carbonyl (C=O) groups excluding carboxylic acids is 1. The molecule has 0 saturated heterocycles. The van der Waals surface area contributed by atoms with Gasteiger partial charge < -0.3 is 15.4 Å². The molecule has 4 aromatic rings. The first-order valence-electron chi connectivity index (χ1n) is 11.8. The highest BCUT2D eigenvalue weighted by molar-refractivity contribution is 5.96.